The van der Waals surface area contributed by atoms with E-state index in [0.717, 1.165) is 6.26 Å². The van der Waals surface area contributed by atoms with Gasteiger partial charge in [0.05, 0.1) is 22.0 Å². The summed E-state index contributed by atoms with van der Waals surface area (Å²) in [4.78, 5) is 25.7. The minimum absolute atomic E-state index is 0.0156. The van der Waals surface area contributed by atoms with Gasteiger partial charge in [-0.3, -0.25) is 4.79 Å². The molecule has 10 heteroatoms. The van der Waals surface area contributed by atoms with Crippen molar-refractivity contribution < 1.29 is 22.7 Å². The van der Waals surface area contributed by atoms with Gasteiger partial charge in [0.15, 0.2) is 22.1 Å². The molecule has 0 bridgehead atoms. The van der Waals surface area contributed by atoms with E-state index < -0.39 is 28.3 Å². The van der Waals surface area contributed by atoms with E-state index in [1.54, 1.807) is 31.2 Å². The normalized spacial score (nSPS) is 11.1. The van der Waals surface area contributed by atoms with Crippen molar-refractivity contribution in [2.75, 3.05) is 18.2 Å². The lowest BCUT2D eigenvalue weighted by atomic mass is 10.3. The molecule has 0 saturated carbocycles. The number of carbonyl (C=O) groups is 2. The quantitative estimate of drug-likeness (QED) is 0.610. The first kappa shape index (κ1) is 20.2. The zero-order chi connectivity index (χ0) is 21.0. The Bertz CT molecular complexity index is 1160. The summed E-state index contributed by atoms with van der Waals surface area (Å²) in [5.41, 5.74) is 1.12. The maximum atomic E-state index is 12.3. The van der Waals surface area contributed by atoms with Crippen LogP contribution in [0.1, 0.15) is 16.2 Å². The minimum Gasteiger partial charge on any atom is -0.451 e. The average molecular weight is 414 g/mol. The number of benzene rings is 2. The van der Waals surface area contributed by atoms with Crippen molar-refractivity contribution >= 4 is 27.4 Å². The summed E-state index contributed by atoms with van der Waals surface area (Å²) in [5.74, 6) is -1.49. The van der Waals surface area contributed by atoms with E-state index in [1.165, 1.54) is 16.9 Å². The summed E-state index contributed by atoms with van der Waals surface area (Å²) in [6.45, 7) is 1.00. The van der Waals surface area contributed by atoms with Gasteiger partial charge in [0.25, 0.3) is 5.91 Å². The molecule has 9 nitrogen and oxygen atoms in total. The van der Waals surface area contributed by atoms with Crippen LogP contribution in [0.25, 0.3) is 5.69 Å². The highest BCUT2D eigenvalue weighted by Gasteiger charge is 2.20. The lowest BCUT2D eigenvalue weighted by Crippen LogP contribution is -2.22. The monoisotopic (exact) mass is 414 g/mol. The predicted molar refractivity (Wildman–Crippen MR) is 105 cm³/mol. The zero-order valence-electron chi connectivity index (χ0n) is 15.7. The van der Waals surface area contributed by atoms with E-state index in [9.17, 15) is 18.0 Å². The zero-order valence-corrected chi connectivity index (χ0v) is 16.5. The Labute approximate surface area is 167 Å². The first-order chi connectivity index (χ1) is 13.8. The Morgan fingerprint density at radius 1 is 1.03 bits per heavy atom. The third-order valence-electron chi connectivity index (χ3n) is 3.86. The van der Waals surface area contributed by atoms with Crippen LogP contribution >= 0.6 is 0 Å². The molecule has 0 aliphatic heterocycles. The summed E-state index contributed by atoms with van der Waals surface area (Å²) in [6, 6.07) is 15.0. The number of carbonyl (C=O) groups excluding carboxylic acids is 2. The number of nitrogens with one attached hydrogen (secondary N) is 1. The number of aromatic nitrogens is 3. The molecule has 29 heavy (non-hydrogen) atoms. The van der Waals surface area contributed by atoms with Crippen LogP contribution in [0.4, 0.5) is 5.69 Å². The number of nitrogens with zero attached hydrogens (tertiary/aromatic N) is 3. The number of amides is 1. The molecule has 0 saturated heterocycles. The van der Waals surface area contributed by atoms with Gasteiger partial charge in [-0.15, -0.1) is 5.10 Å². The van der Waals surface area contributed by atoms with Gasteiger partial charge < -0.3 is 10.1 Å². The molecular weight excluding hydrogens is 396 g/mol. The fourth-order valence-corrected chi connectivity index (χ4v) is 3.37. The Morgan fingerprint density at radius 2 is 1.69 bits per heavy atom. The first-order valence-corrected chi connectivity index (χ1v) is 10.4. The van der Waals surface area contributed by atoms with Crippen molar-refractivity contribution in [3.8, 4) is 5.69 Å². The first-order valence-electron chi connectivity index (χ1n) is 8.51. The molecule has 0 fully saturated rings. The molecule has 1 aromatic heterocycles. The molecule has 0 radical (unpaired) electrons. The summed E-state index contributed by atoms with van der Waals surface area (Å²) in [6.07, 6.45) is 1.04. The molecule has 1 amide bonds. The summed E-state index contributed by atoms with van der Waals surface area (Å²) in [7, 11) is -3.53. The van der Waals surface area contributed by atoms with Crippen LogP contribution in [0.15, 0.2) is 59.5 Å². The standard InChI is InChI=1S/C19H18N4O5S/c1-13-18(22-23(21-13)14-8-4-3-5-9-14)19(25)28-12-17(24)20-15-10-6-7-11-16(15)29(2,26)27/h3-11H,12H2,1-2H3,(H,20,24). The third kappa shape index (κ3) is 4.85. The van der Waals surface area contributed by atoms with E-state index in [0.29, 0.717) is 11.4 Å². The van der Waals surface area contributed by atoms with Crippen molar-refractivity contribution in [2.45, 2.75) is 11.8 Å². The highest BCUT2D eigenvalue weighted by molar-refractivity contribution is 7.90. The summed E-state index contributed by atoms with van der Waals surface area (Å²) in [5, 5.41) is 10.7. The van der Waals surface area contributed by atoms with Crippen LogP contribution < -0.4 is 5.32 Å². The molecule has 1 N–H and O–H groups in total. The van der Waals surface area contributed by atoms with E-state index in [4.69, 9.17) is 4.74 Å². The molecular formula is C19H18N4O5S. The number of sulfone groups is 1. The van der Waals surface area contributed by atoms with Crippen LogP contribution in [0.5, 0.6) is 0 Å². The van der Waals surface area contributed by atoms with Crippen molar-refractivity contribution in [2.24, 2.45) is 0 Å². The molecule has 0 aliphatic carbocycles. The van der Waals surface area contributed by atoms with E-state index >= 15 is 0 Å². The molecule has 0 spiro atoms. The fourth-order valence-electron chi connectivity index (χ4n) is 2.52. The maximum absolute atomic E-state index is 12.3. The van der Waals surface area contributed by atoms with Gasteiger partial charge >= 0.3 is 5.97 Å². The molecule has 0 unspecified atom stereocenters. The van der Waals surface area contributed by atoms with E-state index in [2.05, 4.69) is 15.5 Å². The second kappa shape index (κ2) is 8.23. The van der Waals surface area contributed by atoms with Gasteiger partial charge in [0, 0.05) is 6.26 Å². The highest BCUT2D eigenvalue weighted by Crippen LogP contribution is 2.20. The van der Waals surface area contributed by atoms with E-state index in [1.807, 2.05) is 18.2 Å². The number of anilines is 1. The van der Waals surface area contributed by atoms with Gasteiger partial charge in [-0.2, -0.15) is 9.90 Å². The van der Waals surface area contributed by atoms with Gasteiger partial charge in [0.1, 0.15) is 0 Å². The molecule has 1 heterocycles. The Kier molecular flexibility index (Phi) is 5.74. The predicted octanol–water partition coefficient (Wildman–Crippen LogP) is 1.77. The number of hydrogen-bond acceptors (Lipinski definition) is 7. The van der Waals surface area contributed by atoms with Crippen LogP contribution in [0.3, 0.4) is 0 Å². The Balaban J connectivity index is 1.66. The highest BCUT2D eigenvalue weighted by atomic mass is 32.2. The number of aryl methyl sites for hydroxylation is 1. The smallest absolute Gasteiger partial charge is 0.361 e. The number of hydrogen-bond donors (Lipinski definition) is 1. The van der Waals surface area contributed by atoms with Crippen LogP contribution in [-0.4, -0.2) is 48.2 Å². The minimum atomic E-state index is -3.53. The summed E-state index contributed by atoms with van der Waals surface area (Å²) < 4.78 is 28.6. The van der Waals surface area contributed by atoms with E-state index in [-0.39, 0.29) is 16.3 Å². The van der Waals surface area contributed by atoms with Crippen LogP contribution in [0.2, 0.25) is 0 Å². The van der Waals surface area contributed by atoms with Gasteiger partial charge in [-0.25, -0.2) is 13.2 Å². The SMILES string of the molecule is Cc1nn(-c2ccccc2)nc1C(=O)OCC(=O)Nc1ccccc1S(C)(=O)=O. The number of para-hydroxylation sites is 2. The molecule has 150 valence electrons. The van der Waals surface area contributed by atoms with Crippen LogP contribution in [-0.2, 0) is 19.4 Å². The van der Waals surface area contributed by atoms with Gasteiger partial charge in [-0.1, -0.05) is 30.3 Å². The van der Waals surface area contributed by atoms with Crippen molar-refractivity contribution in [3.63, 3.8) is 0 Å². The van der Waals surface area contributed by atoms with Crippen molar-refractivity contribution in [1.29, 1.82) is 0 Å². The maximum Gasteiger partial charge on any atom is 0.361 e. The Hall–Kier alpha value is -3.53. The van der Waals surface area contributed by atoms with Crippen LogP contribution in [0, 0.1) is 6.92 Å². The lowest BCUT2D eigenvalue weighted by molar-refractivity contribution is -0.119. The third-order valence-corrected chi connectivity index (χ3v) is 5.01. The fraction of sp³-hybridized carbons (Fsp3) is 0.158. The second-order valence-corrected chi connectivity index (χ2v) is 8.14. The molecule has 0 atom stereocenters. The molecule has 2 aromatic carbocycles. The molecule has 3 rings (SSSR count). The molecule has 0 aliphatic rings. The van der Waals surface area contributed by atoms with Crippen molar-refractivity contribution in [1.82, 2.24) is 15.0 Å². The Morgan fingerprint density at radius 3 is 2.38 bits per heavy atom. The molecule has 3 aromatic rings. The number of ether oxygens (including phenoxy) is 1. The van der Waals surface area contributed by atoms with Gasteiger partial charge in [0.2, 0.25) is 0 Å². The largest absolute Gasteiger partial charge is 0.451 e. The topological polar surface area (TPSA) is 120 Å². The van der Waals surface area contributed by atoms with Crippen molar-refractivity contribution in [3.05, 3.63) is 66.0 Å². The second-order valence-electron chi connectivity index (χ2n) is 6.15. The lowest BCUT2D eigenvalue weighted by Gasteiger charge is -2.09. The number of rotatable bonds is 6. The summed E-state index contributed by atoms with van der Waals surface area (Å²) >= 11 is 0. The number of esters is 1. The average Bonchev–Trinajstić information content (AvgIpc) is 3.08. The van der Waals surface area contributed by atoms with Gasteiger partial charge in [-0.05, 0) is 31.2 Å².